The molecule has 12 rings (SSSR count). The van der Waals surface area contributed by atoms with Crippen LogP contribution < -0.4 is 32.3 Å². The number of nitrogens with one attached hydrogen (secondary N) is 5. The fourth-order valence-electron chi connectivity index (χ4n) is 12.5. The largest absolute Gasteiger partial charge is 0.389 e. The summed E-state index contributed by atoms with van der Waals surface area (Å²) in [6.45, 7) is 5.28. The Labute approximate surface area is 404 Å². The van der Waals surface area contributed by atoms with Crippen LogP contribution in [-0.2, 0) is 14.4 Å². The minimum Gasteiger partial charge on any atom is -0.389 e. The van der Waals surface area contributed by atoms with Crippen LogP contribution in [-0.4, -0.2) is 179 Å². The number of amides is 3. The first kappa shape index (κ1) is 47.9. The van der Waals surface area contributed by atoms with Gasteiger partial charge in [-0.3, -0.25) is 14.4 Å². The molecule has 6 aromatic rings. The van der Waals surface area contributed by atoms with E-state index in [4.69, 9.17) is 5.73 Å². The predicted molar refractivity (Wildman–Crippen MR) is 251 cm³/mol. The van der Waals surface area contributed by atoms with Gasteiger partial charge < -0.3 is 76.7 Å². The smallest absolute Gasteiger partial charge is 0.229 e. The molecule has 0 saturated heterocycles. The highest BCUT2D eigenvalue weighted by Crippen LogP contribution is 2.70. The van der Waals surface area contributed by atoms with Gasteiger partial charge in [-0.1, -0.05) is 0 Å². The van der Waals surface area contributed by atoms with E-state index in [0.717, 1.165) is 0 Å². The molecule has 3 unspecified atom stereocenters. The van der Waals surface area contributed by atoms with Crippen molar-refractivity contribution in [3.8, 4) is 0 Å². The Morgan fingerprint density at radius 3 is 1.11 bits per heavy atom. The summed E-state index contributed by atoms with van der Waals surface area (Å²) in [5.41, 5.74) is 6.45. The number of carbonyl (C=O) groups excluding carboxylic acids is 3. The number of aliphatic hydroxyl groups excluding tert-OH is 6. The number of nitrogens with zero attached hydrogens (tertiary/aromatic N) is 12. The number of hydrogen-bond donors (Lipinski definition) is 12. The molecule has 27 nitrogen and oxygen atoms in total. The molecule has 6 heterocycles. The number of aryl methyl sites for hydroxylation is 3. The first-order valence-electron chi connectivity index (χ1n) is 23.3. The second-order valence-electron chi connectivity index (χ2n) is 19.4. The molecule has 0 spiro atoms. The Hall–Kier alpha value is -6.78. The van der Waals surface area contributed by atoms with E-state index in [-0.39, 0.29) is 41.3 Å². The van der Waals surface area contributed by atoms with E-state index in [0.29, 0.717) is 81.9 Å². The van der Waals surface area contributed by atoms with E-state index in [1.807, 2.05) is 0 Å². The average Bonchev–Trinajstić information content (AvgIpc) is 4.24. The number of rotatable bonds is 8. The SMILES string of the molecule is CNC(=O)[C@@]12C[C@@H]1[C@@H](n1cnc3c(N)nc(C)nc31)[C@@H](O)C2O.CNC(=O)[C@@]12C[C@@H]1[C@@H](n1cnc3c(NC)nc(C)nc31)[C@@H](O)C2O.CNC(=O)[C@@]12C[C@@H]1[C@@H](n1cnc3c(NC)nc(C)nc31)[C@@H](O)C2O. The zero-order valence-corrected chi connectivity index (χ0v) is 40.1. The Morgan fingerprint density at radius 1 is 0.507 bits per heavy atom. The maximum absolute atomic E-state index is 12.2. The highest BCUT2D eigenvalue weighted by Gasteiger charge is 2.77. The zero-order valence-electron chi connectivity index (χ0n) is 40.1. The lowest BCUT2D eigenvalue weighted by molar-refractivity contribution is -0.132. The lowest BCUT2D eigenvalue weighted by Crippen LogP contribution is -2.41. The van der Waals surface area contributed by atoms with Gasteiger partial charge in [-0.05, 0) is 40.0 Å². The van der Waals surface area contributed by atoms with Crippen LogP contribution in [0, 0.1) is 54.8 Å². The van der Waals surface area contributed by atoms with Crippen LogP contribution in [0.1, 0.15) is 54.9 Å². The number of nitrogens with two attached hydrogens (primary N) is 1. The molecule has 3 amide bonds. The summed E-state index contributed by atoms with van der Waals surface area (Å²) in [6.07, 6.45) is -0.155. The topological polar surface area (TPSA) is 390 Å². The average molecular weight is 983 g/mol. The van der Waals surface area contributed by atoms with E-state index < -0.39 is 71.0 Å². The summed E-state index contributed by atoms with van der Waals surface area (Å²) < 4.78 is 5.23. The Kier molecular flexibility index (Phi) is 11.2. The first-order valence-corrected chi connectivity index (χ1v) is 23.3. The van der Waals surface area contributed by atoms with Crippen LogP contribution in [0.3, 0.4) is 0 Å². The van der Waals surface area contributed by atoms with Crippen molar-refractivity contribution in [2.24, 2.45) is 34.0 Å². The highest BCUT2D eigenvalue weighted by molar-refractivity contribution is 5.90. The van der Waals surface area contributed by atoms with E-state index in [1.54, 1.807) is 75.3 Å². The Morgan fingerprint density at radius 2 is 0.803 bits per heavy atom. The minimum atomic E-state index is -1.12. The maximum Gasteiger partial charge on any atom is 0.229 e. The molecule has 0 aromatic carbocycles. The van der Waals surface area contributed by atoms with Gasteiger partial charge in [-0.25, -0.2) is 44.9 Å². The van der Waals surface area contributed by atoms with Crippen molar-refractivity contribution in [2.75, 3.05) is 51.6 Å². The van der Waals surface area contributed by atoms with Crippen LogP contribution in [0.2, 0.25) is 0 Å². The van der Waals surface area contributed by atoms with Crippen molar-refractivity contribution in [2.45, 2.75) is 94.8 Å². The summed E-state index contributed by atoms with van der Waals surface area (Å²) in [5.74, 6) is 1.99. The highest BCUT2D eigenvalue weighted by atomic mass is 16.3. The third-order valence-corrected chi connectivity index (χ3v) is 16.0. The molecule has 6 aromatic heterocycles. The van der Waals surface area contributed by atoms with Crippen LogP contribution >= 0.6 is 0 Å². The number of fused-ring (bicyclic) bond motifs is 6. The van der Waals surface area contributed by atoms with Gasteiger partial charge in [0.05, 0.1) is 71.7 Å². The second kappa shape index (κ2) is 16.7. The first-order chi connectivity index (χ1) is 33.8. The lowest BCUT2D eigenvalue weighted by Gasteiger charge is -2.23. The molecular formula is C44H58N18O9. The molecule has 27 heteroatoms. The number of imidazole rings is 3. The number of aromatic nitrogens is 12. The molecule has 6 aliphatic carbocycles. The quantitative estimate of drug-likeness (QED) is 0.0730. The number of carbonyl (C=O) groups is 3. The number of aliphatic hydroxyl groups is 6. The number of nitrogen functional groups attached to an aromatic ring is 1. The van der Waals surface area contributed by atoms with E-state index in [9.17, 15) is 45.0 Å². The van der Waals surface area contributed by atoms with Crippen molar-refractivity contribution in [3.05, 3.63) is 36.5 Å². The molecule has 6 saturated carbocycles. The standard InChI is InChI=1S/2C15H20N6O3.C14H18N6O3/c2*1-6-19-12(16-2)8-13(20-6)21(5-18-8)9-7-4-15(7,14(24)17-3)11(23)10(9)22;1-5-18-11(15)7-12(19-5)20(4-17-7)8-6-3-14(6,13(23)16-2)10(22)9(8)21/h2*5,7,9-11,22-23H,4H2,1-3H3,(H,17,24)(H,16,19,20);4,6,8-10,21-22H,3H2,1-2H3,(H,16,23)(H2,15,18,19)/t2*7-,9-,10-,11?,15+;6-,8-,9-,10?,14+/m111/s1. The zero-order chi connectivity index (χ0) is 51.0. The molecule has 0 aliphatic heterocycles. The molecule has 15 atom stereocenters. The minimum absolute atomic E-state index is 0.145. The van der Waals surface area contributed by atoms with Gasteiger partial charge in [0.15, 0.2) is 34.4 Å². The van der Waals surface area contributed by atoms with Gasteiger partial charge >= 0.3 is 0 Å². The van der Waals surface area contributed by atoms with Crippen LogP contribution in [0.4, 0.5) is 17.5 Å². The van der Waals surface area contributed by atoms with Crippen molar-refractivity contribution in [1.29, 1.82) is 0 Å². The van der Waals surface area contributed by atoms with Gasteiger partial charge in [-0.2, -0.15) is 0 Å². The molecule has 378 valence electrons. The van der Waals surface area contributed by atoms with Crippen LogP contribution in [0.15, 0.2) is 19.0 Å². The van der Waals surface area contributed by atoms with Gasteiger partial charge in [0.1, 0.15) is 52.3 Å². The lowest BCUT2D eigenvalue weighted by atomic mass is 9.98. The maximum atomic E-state index is 12.2. The molecule has 6 aliphatic rings. The normalized spacial score (nSPS) is 34.6. The fourth-order valence-corrected chi connectivity index (χ4v) is 12.5. The molecular weight excluding hydrogens is 925 g/mol. The van der Waals surface area contributed by atoms with Gasteiger partial charge in [0.2, 0.25) is 17.7 Å². The molecule has 0 radical (unpaired) electrons. The predicted octanol–water partition coefficient (Wildman–Crippen LogP) is -2.84. The summed E-state index contributed by atoms with van der Waals surface area (Å²) in [6, 6.07) is -1.36. The number of anilines is 3. The number of hydrogen-bond acceptors (Lipinski definition) is 21. The summed E-state index contributed by atoms with van der Waals surface area (Å²) in [4.78, 5) is 75.5. The van der Waals surface area contributed by atoms with Crippen molar-refractivity contribution in [3.63, 3.8) is 0 Å². The van der Waals surface area contributed by atoms with E-state index in [2.05, 4.69) is 71.4 Å². The van der Waals surface area contributed by atoms with Crippen molar-refractivity contribution < 1.29 is 45.0 Å². The molecule has 6 fully saturated rings. The van der Waals surface area contributed by atoms with Crippen LogP contribution in [0.5, 0.6) is 0 Å². The third-order valence-electron chi connectivity index (χ3n) is 16.0. The molecule has 13 N–H and O–H groups in total. The summed E-state index contributed by atoms with van der Waals surface area (Å²) >= 11 is 0. The monoisotopic (exact) mass is 982 g/mol. The van der Waals surface area contributed by atoms with E-state index >= 15 is 0 Å². The Balaban J connectivity index is 0.000000123. The van der Waals surface area contributed by atoms with E-state index in [1.165, 1.54) is 13.4 Å². The molecule has 0 bridgehead atoms. The van der Waals surface area contributed by atoms with Gasteiger partial charge in [0, 0.05) is 53.0 Å². The Bertz CT molecular complexity index is 3010. The van der Waals surface area contributed by atoms with Gasteiger partial charge in [0.25, 0.3) is 0 Å². The third kappa shape index (κ3) is 6.62. The summed E-state index contributed by atoms with van der Waals surface area (Å²) in [5, 5.41) is 76.7. The fraction of sp³-hybridized carbons (Fsp3) is 0.591. The molecule has 71 heavy (non-hydrogen) atoms. The van der Waals surface area contributed by atoms with Crippen molar-refractivity contribution in [1.82, 2.24) is 74.5 Å². The van der Waals surface area contributed by atoms with Gasteiger partial charge in [-0.15, -0.1) is 0 Å². The second-order valence-corrected chi connectivity index (χ2v) is 19.4. The van der Waals surface area contributed by atoms with Crippen molar-refractivity contribution >= 4 is 68.7 Å². The van der Waals surface area contributed by atoms with Crippen LogP contribution in [0.25, 0.3) is 33.5 Å². The summed E-state index contributed by atoms with van der Waals surface area (Å²) in [7, 11) is 8.13.